The SMILES string of the molecule is Cc1cc(-c2sc(NC(=O)N3CCC4(CC3)CN(C(=O)OC(C)(C)C)CCO4)nc2-c2cccc(C#N)c2)cc(C)n1. The molecule has 2 aliphatic rings. The van der Waals surface area contributed by atoms with Crippen LogP contribution in [-0.4, -0.2) is 75.9 Å². The highest BCUT2D eigenvalue weighted by Gasteiger charge is 2.42. The highest BCUT2D eigenvalue weighted by molar-refractivity contribution is 7.19. The number of carbonyl (C=O) groups excluding carboxylic acids is 2. The molecule has 2 aliphatic heterocycles. The molecule has 5 rings (SSSR count). The van der Waals surface area contributed by atoms with Crippen LogP contribution in [0.1, 0.15) is 50.6 Å². The minimum Gasteiger partial charge on any atom is -0.444 e. The summed E-state index contributed by atoms with van der Waals surface area (Å²) in [6.45, 7) is 11.8. The van der Waals surface area contributed by atoms with Gasteiger partial charge in [-0.05, 0) is 77.3 Å². The first-order chi connectivity index (χ1) is 19.9. The molecule has 1 N–H and O–H groups in total. The number of nitriles is 1. The highest BCUT2D eigenvalue weighted by Crippen LogP contribution is 2.40. The molecule has 2 saturated heterocycles. The summed E-state index contributed by atoms with van der Waals surface area (Å²) in [6, 6.07) is 13.3. The van der Waals surface area contributed by atoms with Gasteiger partial charge < -0.3 is 19.3 Å². The minimum atomic E-state index is -0.562. The Balaban J connectivity index is 1.31. The second-order valence-electron chi connectivity index (χ2n) is 11.9. The highest BCUT2D eigenvalue weighted by atomic mass is 32.1. The monoisotopic (exact) mass is 588 g/mol. The number of nitrogens with zero attached hydrogens (tertiary/aromatic N) is 5. The number of rotatable bonds is 3. The van der Waals surface area contributed by atoms with Crippen LogP contribution in [0.25, 0.3) is 21.7 Å². The van der Waals surface area contributed by atoms with Gasteiger partial charge in [0.1, 0.15) is 5.60 Å². The number of piperidine rings is 1. The third kappa shape index (κ3) is 6.72. The number of hydrogen-bond acceptors (Lipinski definition) is 8. The third-order valence-electron chi connectivity index (χ3n) is 7.31. The Kier molecular flexibility index (Phi) is 8.21. The van der Waals surface area contributed by atoms with E-state index in [1.54, 1.807) is 21.9 Å². The van der Waals surface area contributed by atoms with Crippen molar-refractivity contribution in [1.82, 2.24) is 19.8 Å². The van der Waals surface area contributed by atoms with Crippen LogP contribution < -0.4 is 5.32 Å². The van der Waals surface area contributed by atoms with E-state index in [9.17, 15) is 14.9 Å². The Labute approximate surface area is 250 Å². The zero-order valence-electron chi connectivity index (χ0n) is 24.7. The number of thiazole rings is 1. The first-order valence-electron chi connectivity index (χ1n) is 14.1. The summed E-state index contributed by atoms with van der Waals surface area (Å²) in [5.41, 5.74) is 3.72. The molecule has 2 fully saturated rings. The number of aryl methyl sites for hydroxylation is 2. The van der Waals surface area contributed by atoms with E-state index in [-0.39, 0.29) is 12.1 Å². The number of hydrogen-bond donors (Lipinski definition) is 1. The van der Waals surface area contributed by atoms with Gasteiger partial charge >= 0.3 is 12.1 Å². The van der Waals surface area contributed by atoms with Gasteiger partial charge in [-0.3, -0.25) is 10.3 Å². The number of morpholine rings is 1. The summed E-state index contributed by atoms with van der Waals surface area (Å²) in [7, 11) is 0. The molecule has 0 unspecified atom stereocenters. The number of amides is 3. The lowest BCUT2D eigenvalue weighted by Gasteiger charge is -2.47. The molecule has 11 heteroatoms. The van der Waals surface area contributed by atoms with Crippen molar-refractivity contribution in [3.8, 4) is 27.8 Å². The fourth-order valence-corrected chi connectivity index (χ4v) is 6.35. The number of aromatic nitrogens is 2. The van der Waals surface area contributed by atoms with Crippen molar-refractivity contribution in [2.75, 3.05) is 38.1 Å². The van der Waals surface area contributed by atoms with Crippen molar-refractivity contribution >= 4 is 28.6 Å². The number of urea groups is 1. The van der Waals surface area contributed by atoms with E-state index in [1.165, 1.54) is 11.3 Å². The summed E-state index contributed by atoms with van der Waals surface area (Å²) in [4.78, 5) is 39.7. The van der Waals surface area contributed by atoms with Crippen LogP contribution in [0.15, 0.2) is 36.4 Å². The van der Waals surface area contributed by atoms with Crippen LogP contribution in [0.5, 0.6) is 0 Å². The molecule has 10 nitrogen and oxygen atoms in total. The van der Waals surface area contributed by atoms with Crippen LogP contribution >= 0.6 is 11.3 Å². The molecular weight excluding hydrogens is 552 g/mol. The van der Waals surface area contributed by atoms with Crippen LogP contribution in [-0.2, 0) is 9.47 Å². The standard InChI is InChI=1S/C31H36N6O4S/c1-20-15-24(16-21(2)33-20)26-25(23-8-6-7-22(17-23)18-32)34-27(42-26)35-28(38)36-11-9-31(10-12-36)19-37(13-14-40-31)29(39)41-30(3,4)5/h6-8,15-17H,9-14,19H2,1-5H3,(H,34,35,38). The molecule has 3 amide bonds. The first kappa shape index (κ1) is 29.5. The van der Waals surface area contributed by atoms with Crippen molar-refractivity contribution < 1.29 is 19.1 Å². The van der Waals surface area contributed by atoms with Gasteiger partial charge in [-0.2, -0.15) is 5.26 Å². The normalized spacial score (nSPS) is 16.7. The Bertz CT molecular complexity index is 1510. The molecule has 4 heterocycles. The Morgan fingerprint density at radius 2 is 1.76 bits per heavy atom. The molecule has 1 aromatic carbocycles. The van der Waals surface area contributed by atoms with E-state index in [1.807, 2.05) is 58.9 Å². The Morgan fingerprint density at radius 3 is 2.43 bits per heavy atom. The summed E-state index contributed by atoms with van der Waals surface area (Å²) < 4.78 is 11.7. The van der Waals surface area contributed by atoms with Gasteiger partial charge in [0.25, 0.3) is 0 Å². The maximum atomic E-state index is 13.4. The number of carbonyl (C=O) groups is 2. The fraction of sp³-hybridized carbons (Fsp3) is 0.452. The molecule has 0 bridgehead atoms. The zero-order valence-corrected chi connectivity index (χ0v) is 25.5. The fourth-order valence-electron chi connectivity index (χ4n) is 5.38. The molecule has 42 heavy (non-hydrogen) atoms. The van der Waals surface area contributed by atoms with E-state index in [0.29, 0.717) is 62.0 Å². The quantitative estimate of drug-likeness (QED) is 0.399. The number of likely N-dealkylation sites (tertiary alicyclic amines) is 1. The van der Waals surface area contributed by atoms with Crippen molar-refractivity contribution in [2.24, 2.45) is 0 Å². The molecule has 0 saturated carbocycles. The summed E-state index contributed by atoms with van der Waals surface area (Å²) >= 11 is 1.40. The zero-order chi connectivity index (χ0) is 30.1. The van der Waals surface area contributed by atoms with Crippen molar-refractivity contribution in [3.05, 3.63) is 53.3 Å². The van der Waals surface area contributed by atoms with Crippen molar-refractivity contribution in [2.45, 2.75) is 58.7 Å². The Hall–Kier alpha value is -4.01. The Morgan fingerprint density at radius 1 is 1.05 bits per heavy atom. The summed E-state index contributed by atoms with van der Waals surface area (Å²) in [5, 5.41) is 12.9. The molecule has 0 aliphatic carbocycles. The number of ether oxygens (including phenoxy) is 2. The van der Waals surface area contributed by atoms with Crippen LogP contribution in [0, 0.1) is 25.2 Å². The van der Waals surface area contributed by atoms with E-state index < -0.39 is 11.2 Å². The molecule has 220 valence electrons. The lowest BCUT2D eigenvalue weighted by atomic mass is 9.89. The number of nitrogens with one attached hydrogen (secondary N) is 1. The second-order valence-corrected chi connectivity index (χ2v) is 12.9. The molecular formula is C31H36N6O4S. The van der Waals surface area contributed by atoms with Gasteiger partial charge in [0, 0.05) is 36.6 Å². The van der Waals surface area contributed by atoms with Gasteiger partial charge in [-0.25, -0.2) is 14.6 Å². The lowest BCUT2D eigenvalue weighted by molar-refractivity contribution is -0.129. The molecule has 0 atom stereocenters. The molecule has 2 aromatic heterocycles. The smallest absolute Gasteiger partial charge is 0.410 e. The predicted molar refractivity (Wildman–Crippen MR) is 161 cm³/mol. The van der Waals surface area contributed by atoms with E-state index in [4.69, 9.17) is 14.5 Å². The van der Waals surface area contributed by atoms with E-state index >= 15 is 0 Å². The van der Waals surface area contributed by atoms with E-state index in [0.717, 1.165) is 27.4 Å². The number of benzene rings is 1. The summed E-state index contributed by atoms with van der Waals surface area (Å²) in [6.07, 6.45) is 0.899. The average Bonchev–Trinajstić information content (AvgIpc) is 3.36. The van der Waals surface area contributed by atoms with Crippen LogP contribution in [0.4, 0.5) is 14.7 Å². The van der Waals surface area contributed by atoms with E-state index in [2.05, 4.69) is 16.4 Å². The minimum absolute atomic E-state index is 0.232. The molecule has 0 radical (unpaired) electrons. The second kappa shape index (κ2) is 11.7. The van der Waals surface area contributed by atoms with Gasteiger partial charge in [-0.15, -0.1) is 0 Å². The third-order valence-corrected chi connectivity index (χ3v) is 8.33. The van der Waals surface area contributed by atoms with Gasteiger partial charge in [0.2, 0.25) is 0 Å². The van der Waals surface area contributed by atoms with Gasteiger partial charge in [0.05, 0.1) is 41.0 Å². The van der Waals surface area contributed by atoms with Crippen LogP contribution in [0.2, 0.25) is 0 Å². The predicted octanol–water partition coefficient (Wildman–Crippen LogP) is 5.99. The molecule has 1 spiro atoms. The topological polar surface area (TPSA) is 121 Å². The first-order valence-corrected chi connectivity index (χ1v) is 14.9. The van der Waals surface area contributed by atoms with Gasteiger partial charge in [-0.1, -0.05) is 23.5 Å². The average molecular weight is 589 g/mol. The van der Waals surface area contributed by atoms with Crippen molar-refractivity contribution in [1.29, 1.82) is 5.26 Å². The van der Waals surface area contributed by atoms with Crippen molar-refractivity contribution in [3.63, 3.8) is 0 Å². The number of anilines is 1. The number of pyridine rings is 1. The summed E-state index contributed by atoms with van der Waals surface area (Å²) in [5.74, 6) is 0. The lowest BCUT2D eigenvalue weighted by Crippen LogP contribution is -2.59. The maximum Gasteiger partial charge on any atom is 0.410 e. The maximum absolute atomic E-state index is 13.4. The van der Waals surface area contributed by atoms with Crippen LogP contribution in [0.3, 0.4) is 0 Å². The molecule has 3 aromatic rings. The van der Waals surface area contributed by atoms with Gasteiger partial charge in [0.15, 0.2) is 5.13 Å². The largest absolute Gasteiger partial charge is 0.444 e.